The summed E-state index contributed by atoms with van der Waals surface area (Å²) >= 11 is 6.16. The van der Waals surface area contributed by atoms with Crippen molar-refractivity contribution in [2.45, 2.75) is 13.3 Å². The Morgan fingerprint density at radius 3 is 2.86 bits per heavy atom. The molecule has 6 nitrogen and oxygen atoms in total. The second-order valence-electron chi connectivity index (χ2n) is 6.32. The minimum absolute atomic E-state index is 0.180. The zero-order valence-corrected chi connectivity index (χ0v) is 15.8. The quantitative estimate of drug-likeness (QED) is 0.514. The number of furan rings is 1. The highest BCUT2D eigenvalue weighted by molar-refractivity contribution is 6.31. The van der Waals surface area contributed by atoms with E-state index in [0.29, 0.717) is 28.0 Å². The van der Waals surface area contributed by atoms with Gasteiger partial charge in [0.1, 0.15) is 11.5 Å². The zero-order valence-electron chi connectivity index (χ0n) is 15.1. The van der Waals surface area contributed by atoms with Crippen LogP contribution in [-0.4, -0.2) is 18.9 Å². The molecular weight excluding hydrogens is 380 g/mol. The summed E-state index contributed by atoms with van der Waals surface area (Å²) in [7, 11) is 0. The van der Waals surface area contributed by atoms with Crippen LogP contribution >= 0.6 is 11.6 Å². The number of rotatable bonds is 5. The smallest absolute Gasteiger partial charge is 0.244 e. The molecule has 2 aromatic carbocycles. The fourth-order valence-corrected chi connectivity index (χ4v) is 2.95. The lowest BCUT2D eigenvalue weighted by Gasteiger charge is -2.02. The van der Waals surface area contributed by atoms with Crippen molar-refractivity contribution in [2.24, 2.45) is 5.10 Å². The Kier molecular flexibility index (Phi) is 5.04. The minimum Gasteiger partial charge on any atom is -0.455 e. The van der Waals surface area contributed by atoms with Crippen LogP contribution < -0.4 is 14.9 Å². The highest BCUT2D eigenvalue weighted by Crippen LogP contribution is 2.32. The number of halogens is 1. The summed E-state index contributed by atoms with van der Waals surface area (Å²) in [6, 6.07) is 14.7. The Bertz CT molecular complexity index is 1060. The van der Waals surface area contributed by atoms with Crippen LogP contribution in [0.4, 0.5) is 0 Å². The van der Waals surface area contributed by atoms with Crippen LogP contribution in [0.5, 0.6) is 11.5 Å². The SMILES string of the molecule is Cc1ccc(-c2ccc(/C=N\NC(=O)Cc3ccc4c(c3)OCO4)o2)cc1Cl. The van der Waals surface area contributed by atoms with Crippen LogP contribution in [0.3, 0.4) is 0 Å². The number of nitrogens with zero attached hydrogens (tertiary/aromatic N) is 1. The number of ether oxygens (including phenoxy) is 2. The van der Waals surface area contributed by atoms with Crippen molar-refractivity contribution in [3.8, 4) is 22.8 Å². The molecule has 1 aliphatic rings. The van der Waals surface area contributed by atoms with Crippen LogP contribution in [-0.2, 0) is 11.2 Å². The predicted molar refractivity (Wildman–Crippen MR) is 106 cm³/mol. The molecule has 1 aliphatic heterocycles. The Morgan fingerprint density at radius 1 is 1.14 bits per heavy atom. The summed E-state index contributed by atoms with van der Waals surface area (Å²) in [4.78, 5) is 12.1. The average molecular weight is 397 g/mol. The number of carbonyl (C=O) groups excluding carboxylic acids is 1. The lowest BCUT2D eigenvalue weighted by atomic mass is 10.1. The molecule has 0 bridgehead atoms. The number of aryl methyl sites for hydroxylation is 1. The first kappa shape index (κ1) is 18.1. The van der Waals surface area contributed by atoms with Crippen molar-refractivity contribution in [1.29, 1.82) is 0 Å². The molecule has 4 rings (SSSR count). The van der Waals surface area contributed by atoms with Gasteiger partial charge in [0.05, 0.1) is 12.6 Å². The zero-order chi connectivity index (χ0) is 19.5. The van der Waals surface area contributed by atoms with E-state index in [1.165, 1.54) is 6.21 Å². The van der Waals surface area contributed by atoms with Crippen molar-refractivity contribution in [3.05, 3.63) is 70.4 Å². The maximum atomic E-state index is 12.1. The van der Waals surface area contributed by atoms with Gasteiger partial charge in [-0.15, -0.1) is 0 Å². The van der Waals surface area contributed by atoms with Crippen LogP contribution in [0.15, 0.2) is 58.0 Å². The molecule has 28 heavy (non-hydrogen) atoms. The molecule has 1 aromatic heterocycles. The number of benzene rings is 2. The van der Waals surface area contributed by atoms with Gasteiger partial charge in [-0.2, -0.15) is 5.10 Å². The topological polar surface area (TPSA) is 73.1 Å². The van der Waals surface area contributed by atoms with Crippen molar-refractivity contribution in [3.63, 3.8) is 0 Å². The summed E-state index contributed by atoms with van der Waals surface area (Å²) in [5, 5.41) is 4.63. The third-order valence-corrected chi connectivity index (χ3v) is 4.67. The number of amides is 1. The maximum absolute atomic E-state index is 12.1. The van der Waals surface area contributed by atoms with Gasteiger partial charge in [0, 0.05) is 10.6 Å². The fourth-order valence-electron chi connectivity index (χ4n) is 2.77. The molecule has 2 heterocycles. The summed E-state index contributed by atoms with van der Waals surface area (Å²) < 4.78 is 16.3. The van der Waals surface area contributed by atoms with Gasteiger partial charge in [-0.3, -0.25) is 4.79 Å². The minimum atomic E-state index is -0.243. The Morgan fingerprint density at radius 2 is 2.00 bits per heavy atom. The average Bonchev–Trinajstić information content (AvgIpc) is 3.33. The van der Waals surface area contributed by atoms with E-state index in [1.54, 1.807) is 18.2 Å². The summed E-state index contributed by atoms with van der Waals surface area (Å²) in [6.07, 6.45) is 1.64. The largest absolute Gasteiger partial charge is 0.455 e. The van der Waals surface area contributed by atoms with Gasteiger partial charge in [-0.25, -0.2) is 5.43 Å². The molecule has 3 aromatic rings. The van der Waals surface area contributed by atoms with Crippen molar-refractivity contribution >= 4 is 23.7 Å². The van der Waals surface area contributed by atoms with Gasteiger partial charge in [0.25, 0.3) is 0 Å². The van der Waals surface area contributed by atoms with Crippen LogP contribution in [0.2, 0.25) is 5.02 Å². The van der Waals surface area contributed by atoms with E-state index in [0.717, 1.165) is 16.7 Å². The second-order valence-corrected chi connectivity index (χ2v) is 6.73. The monoisotopic (exact) mass is 396 g/mol. The molecule has 0 spiro atoms. The summed E-state index contributed by atoms with van der Waals surface area (Å²) in [5.74, 6) is 2.29. The standard InChI is InChI=1S/C21H17ClN2O4/c1-13-2-4-15(10-17(13)22)18-7-5-16(28-18)11-23-24-21(25)9-14-3-6-19-20(8-14)27-12-26-19/h2-8,10-11H,9,12H2,1H3,(H,24,25)/b23-11-. The van der Waals surface area contributed by atoms with E-state index in [-0.39, 0.29) is 19.1 Å². The fraction of sp³-hybridized carbons (Fsp3) is 0.143. The first-order valence-corrected chi connectivity index (χ1v) is 9.03. The number of fused-ring (bicyclic) bond motifs is 1. The molecule has 0 radical (unpaired) electrons. The number of hydrogen-bond donors (Lipinski definition) is 1. The molecule has 1 amide bonds. The Labute approximate surface area is 166 Å². The van der Waals surface area contributed by atoms with Gasteiger partial charge in [0.2, 0.25) is 12.7 Å². The molecule has 0 fully saturated rings. The van der Waals surface area contributed by atoms with E-state index in [4.69, 9.17) is 25.5 Å². The second kappa shape index (κ2) is 7.78. The van der Waals surface area contributed by atoms with Gasteiger partial charge in [-0.05, 0) is 48.4 Å². The number of carbonyl (C=O) groups is 1. The van der Waals surface area contributed by atoms with Crippen molar-refractivity contribution in [1.82, 2.24) is 5.43 Å². The molecule has 0 atom stereocenters. The predicted octanol–water partition coefficient (Wildman–Crippen LogP) is 4.33. The number of hydrazone groups is 1. The van der Waals surface area contributed by atoms with Crippen molar-refractivity contribution in [2.75, 3.05) is 6.79 Å². The third-order valence-electron chi connectivity index (χ3n) is 4.27. The highest BCUT2D eigenvalue weighted by atomic mass is 35.5. The lowest BCUT2D eigenvalue weighted by molar-refractivity contribution is -0.120. The van der Waals surface area contributed by atoms with Gasteiger partial charge in [-0.1, -0.05) is 29.8 Å². The first-order chi connectivity index (χ1) is 13.6. The summed E-state index contributed by atoms with van der Waals surface area (Å²) in [5.41, 5.74) is 5.18. The summed E-state index contributed by atoms with van der Waals surface area (Å²) in [6.45, 7) is 2.15. The molecule has 0 aliphatic carbocycles. The molecule has 0 unspecified atom stereocenters. The van der Waals surface area contributed by atoms with Crippen LogP contribution in [0, 0.1) is 6.92 Å². The molecule has 1 N–H and O–H groups in total. The van der Waals surface area contributed by atoms with Gasteiger partial charge >= 0.3 is 0 Å². The van der Waals surface area contributed by atoms with E-state index in [9.17, 15) is 4.79 Å². The van der Waals surface area contributed by atoms with Crippen LogP contribution in [0.25, 0.3) is 11.3 Å². The molecule has 0 saturated heterocycles. The lowest BCUT2D eigenvalue weighted by Crippen LogP contribution is -2.19. The first-order valence-electron chi connectivity index (χ1n) is 8.65. The Hall–Kier alpha value is -3.25. The van der Waals surface area contributed by atoms with Crippen LogP contribution in [0.1, 0.15) is 16.9 Å². The number of nitrogens with one attached hydrogen (secondary N) is 1. The third kappa shape index (κ3) is 4.02. The van der Waals surface area contributed by atoms with Gasteiger partial charge < -0.3 is 13.9 Å². The van der Waals surface area contributed by atoms with E-state index < -0.39 is 0 Å². The normalized spacial score (nSPS) is 12.5. The van der Waals surface area contributed by atoms with Crippen molar-refractivity contribution < 1.29 is 18.7 Å². The van der Waals surface area contributed by atoms with E-state index in [1.807, 2.05) is 37.3 Å². The molecule has 142 valence electrons. The number of hydrogen-bond acceptors (Lipinski definition) is 5. The highest BCUT2D eigenvalue weighted by Gasteiger charge is 2.14. The van der Waals surface area contributed by atoms with E-state index in [2.05, 4.69) is 10.5 Å². The molecular formula is C21H17ClN2O4. The van der Waals surface area contributed by atoms with E-state index >= 15 is 0 Å². The molecule has 0 saturated carbocycles. The maximum Gasteiger partial charge on any atom is 0.244 e. The Balaban J connectivity index is 1.35. The van der Waals surface area contributed by atoms with Gasteiger partial charge in [0.15, 0.2) is 11.5 Å². The molecule has 7 heteroatoms.